The van der Waals surface area contributed by atoms with E-state index in [1.54, 1.807) is 6.92 Å². The summed E-state index contributed by atoms with van der Waals surface area (Å²) in [7, 11) is 0. The van der Waals surface area contributed by atoms with Crippen molar-refractivity contribution in [1.82, 2.24) is 20.0 Å². The Balaban J connectivity index is 1.37. The van der Waals surface area contributed by atoms with Crippen LogP contribution in [0.25, 0.3) is 0 Å². The van der Waals surface area contributed by atoms with Crippen LogP contribution in [0.4, 0.5) is 0 Å². The third-order valence-electron chi connectivity index (χ3n) is 5.88. The predicted octanol–water partition coefficient (Wildman–Crippen LogP) is 0.611. The second kappa shape index (κ2) is 6.85. The van der Waals surface area contributed by atoms with Gasteiger partial charge in [0.25, 0.3) is 0 Å². The smallest absolute Gasteiger partial charge is 0.217 e. The van der Waals surface area contributed by atoms with Crippen LogP contribution in [0.2, 0.25) is 0 Å². The number of piperazine rings is 1. The van der Waals surface area contributed by atoms with Crippen LogP contribution in [-0.2, 0) is 4.79 Å². The van der Waals surface area contributed by atoms with Crippen molar-refractivity contribution in [2.75, 3.05) is 45.8 Å². The summed E-state index contributed by atoms with van der Waals surface area (Å²) in [6.45, 7) is 14.7. The van der Waals surface area contributed by atoms with Gasteiger partial charge in [0.05, 0.1) is 0 Å². The maximum absolute atomic E-state index is 11.2. The van der Waals surface area contributed by atoms with Gasteiger partial charge in [0.1, 0.15) is 0 Å². The zero-order valence-corrected chi connectivity index (χ0v) is 14.4. The first kappa shape index (κ1) is 16.2. The summed E-state index contributed by atoms with van der Waals surface area (Å²) in [5.74, 6) is 0.818. The van der Waals surface area contributed by atoms with Crippen molar-refractivity contribution in [3.8, 4) is 0 Å². The van der Waals surface area contributed by atoms with E-state index in [0.29, 0.717) is 24.0 Å². The highest BCUT2D eigenvalue weighted by Crippen LogP contribution is 2.37. The molecule has 2 heterocycles. The first-order chi connectivity index (χ1) is 10.5. The molecule has 22 heavy (non-hydrogen) atoms. The Morgan fingerprint density at radius 3 is 2.41 bits per heavy atom. The molecule has 0 aromatic heterocycles. The molecule has 3 fully saturated rings. The van der Waals surface area contributed by atoms with E-state index in [4.69, 9.17) is 0 Å². The van der Waals surface area contributed by atoms with Crippen LogP contribution in [-0.4, -0.2) is 84.5 Å². The molecule has 0 aromatic rings. The number of nitrogens with one attached hydrogen (secondary N) is 1. The van der Waals surface area contributed by atoms with Gasteiger partial charge in [0.15, 0.2) is 0 Å². The largest absolute Gasteiger partial charge is 0.353 e. The lowest BCUT2D eigenvalue weighted by atomic mass is 10.0. The molecule has 1 amide bonds. The third-order valence-corrected chi connectivity index (χ3v) is 5.88. The summed E-state index contributed by atoms with van der Waals surface area (Å²) in [6, 6.07) is 1.83. The van der Waals surface area contributed by atoms with Gasteiger partial charge < -0.3 is 5.32 Å². The number of rotatable bonds is 5. The SMILES string of the molecule is CC(=O)NC1CC2CC1CN2CCN1CCN(C(C)C)CC1. The van der Waals surface area contributed by atoms with Crippen LogP contribution >= 0.6 is 0 Å². The minimum absolute atomic E-state index is 0.132. The Kier molecular flexibility index (Phi) is 5.05. The van der Waals surface area contributed by atoms with Crippen LogP contribution < -0.4 is 5.32 Å². The van der Waals surface area contributed by atoms with Crippen molar-refractivity contribution in [3.63, 3.8) is 0 Å². The van der Waals surface area contributed by atoms with E-state index < -0.39 is 0 Å². The first-order valence-electron chi connectivity index (χ1n) is 9.00. The van der Waals surface area contributed by atoms with Gasteiger partial charge in [-0.2, -0.15) is 0 Å². The average Bonchev–Trinajstić information content (AvgIpc) is 3.04. The molecule has 5 heteroatoms. The van der Waals surface area contributed by atoms with Crippen molar-refractivity contribution in [3.05, 3.63) is 0 Å². The van der Waals surface area contributed by atoms with Gasteiger partial charge in [-0.25, -0.2) is 0 Å². The molecule has 0 radical (unpaired) electrons. The molecular weight excluding hydrogens is 276 g/mol. The van der Waals surface area contributed by atoms with Crippen LogP contribution in [0, 0.1) is 5.92 Å². The zero-order chi connectivity index (χ0) is 15.7. The molecule has 3 aliphatic rings. The number of fused-ring (bicyclic) bond motifs is 2. The number of hydrogen-bond acceptors (Lipinski definition) is 4. The highest BCUT2D eigenvalue weighted by atomic mass is 16.1. The molecule has 0 spiro atoms. The van der Waals surface area contributed by atoms with Gasteiger partial charge in [0, 0.05) is 70.9 Å². The Labute approximate surface area is 135 Å². The number of nitrogens with zero attached hydrogens (tertiary/aromatic N) is 3. The molecule has 1 N–H and O–H groups in total. The van der Waals surface area contributed by atoms with Gasteiger partial charge in [-0.3, -0.25) is 19.5 Å². The highest BCUT2D eigenvalue weighted by molar-refractivity contribution is 5.73. The summed E-state index contributed by atoms with van der Waals surface area (Å²) < 4.78 is 0. The number of piperidine rings is 1. The lowest BCUT2D eigenvalue weighted by molar-refractivity contribution is -0.120. The molecule has 2 saturated heterocycles. The molecule has 1 saturated carbocycles. The predicted molar refractivity (Wildman–Crippen MR) is 88.8 cm³/mol. The molecule has 1 aliphatic carbocycles. The Morgan fingerprint density at radius 2 is 1.86 bits per heavy atom. The number of hydrogen-bond donors (Lipinski definition) is 1. The molecule has 3 unspecified atom stereocenters. The van der Waals surface area contributed by atoms with Crippen LogP contribution in [0.1, 0.15) is 33.6 Å². The van der Waals surface area contributed by atoms with Crippen LogP contribution in [0.5, 0.6) is 0 Å². The fourth-order valence-corrected chi connectivity index (χ4v) is 4.53. The van der Waals surface area contributed by atoms with Crippen molar-refractivity contribution in [1.29, 1.82) is 0 Å². The lowest BCUT2D eigenvalue weighted by Crippen LogP contribution is -2.51. The third kappa shape index (κ3) is 3.63. The standard InChI is InChI=1S/C17H32N4O/c1-13(2)20-7-4-19(5-8-20)6-9-21-12-15-10-16(21)11-17(15)18-14(3)22/h13,15-17H,4-12H2,1-3H3,(H,18,22). The summed E-state index contributed by atoms with van der Waals surface area (Å²) in [6.07, 6.45) is 2.44. The molecular formula is C17H32N4O. The highest BCUT2D eigenvalue weighted by Gasteiger charge is 2.44. The first-order valence-corrected chi connectivity index (χ1v) is 9.00. The topological polar surface area (TPSA) is 38.8 Å². The van der Waals surface area contributed by atoms with Crippen LogP contribution in [0.3, 0.4) is 0 Å². The zero-order valence-electron chi connectivity index (χ0n) is 14.4. The summed E-state index contributed by atoms with van der Waals surface area (Å²) in [5.41, 5.74) is 0. The van der Waals surface area contributed by atoms with Gasteiger partial charge in [-0.1, -0.05) is 0 Å². The molecule has 5 nitrogen and oxygen atoms in total. The normalized spacial score (nSPS) is 33.7. The molecule has 3 rings (SSSR count). The Bertz CT molecular complexity index is 392. The van der Waals surface area contributed by atoms with E-state index >= 15 is 0 Å². The Hall–Kier alpha value is -0.650. The average molecular weight is 308 g/mol. The minimum atomic E-state index is 0.132. The van der Waals surface area contributed by atoms with Crippen molar-refractivity contribution >= 4 is 5.91 Å². The van der Waals surface area contributed by atoms with Crippen molar-refractivity contribution < 1.29 is 4.79 Å². The molecule has 3 atom stereocenters. The van der Waals surface area contributed by atoms with Gasteiger partial charge in [-0.15, -0.1) is 0 Å². The van der Waals surface area contributed by atoms with Gasteiger partial charge >= 0.3 is 0 Å². The number of carbonyl (C=O) groups is 1. The van der Waals surface area contributed by atoms with E-state index in [2.05, 4.69) is 33.9 Å². The summed E-state index contributed by atoms with van der Waals surface area (Å²) in [4.78, 5) is 19.1. The van der Waals surface area contributed by atoms with E-state index in [1.807, 2.05) is 0 Å². The molecule has 126 valence electrons. The monoisotopic (exact) mass is 308 g/mol. The molecule has 2 bridgehead atoms. The maximum Gasteiger partial charge on any atom is 0.217 e. The second-order valence-electron chi connectivity index (χ2n) is 7.66. The number of likely N-dealkylation sites (tertiary alicyclic amines) is 1. The second-order valence-corrected chi connectivity index (χ2v) is 7.66. The fourth-order valence-electron chi connectivity index (χ4n) is 4.53. The van der Waals surface area contributed by atoms with E-state index in [9.17, 15) is 4.79 Å². The molecule has 0 aromatic carbocycles. The van der Waals surface area contributed by atoms with Gasteiger partial charge in [0.2, 0.25) is 5.91 Å². The Morgan fingerprint density at radius 1 is 1.14 bits per heavy atom. The van der Waals surface area contributed by atoms with Crippen molar-refractivity contribution in [2.45, 2.75) is 51.7 Å². The number of amides is 1. The minimum Gasteiger partial charge on any atom is -0.353 e. The fraction of sp³-hybridized carbons (Fsp3) is 0.941. The summed E-state index contributed by atoms with van der Waals surface area (Å²) in [5, 5.41) is 3.13. The maximum atomic E-state index is 11.2. The van der Waals surface area contributed by atoms with Gasteiger partial charge in [-0.05, 0) is 32.6 Å². The van der Waals surface area contributed by atoms with Crippen LogP contribution in [0.15, 0.2) is 0 Å². The lowest BCUT2D eigenvalue weighted by Gasteiger charge is -2.38. The molecule has 2 aliphatic heterocycles. The van der Waals surface area contributed by atoms with Crippen molar-refractivity contribution in [2.24, 2.45) is 5.92 Å². The van der Waals surface area contributed by atoms with E-state index in [1.165, 1.54) is 52.2 Å². The quantitative estimate of drug-likeness (QED) is 0.808. The van der Waals surface area contributed by atoms with E-state index in [0.717, 1.165) is 6.42 Å². The number of carbonyl (C=O) groups excluding carboxylic acids is 1. The summed E-state index contributed by atoms with van der Waals surface area (Å²) >= 11 is 0. The van der Waals surface area contributed by atoms with E-state index in [-0.39, 0.29) is 5.91 Å².